The molecule has 0 unspecified atom stereocenters. The molecule has 3 heteroatoms. The lowest BCUT2D eigenvalue weighted by Gasteiger charge is -2.31. The van der Waals surface area contributed by atoms with Gasteiger partial charge in [-0.2, -0.15) is 0 Å². The van der Waals surface area contributed by atoms with Crippen LogP contribution in [0, 0.1) is 5.92 Å². The predicted octanol–water partition coefficient (Wildman–Crippen LogP) is 5.60. The third-order valence-electron chi connectivity index (χ3n) is 5.55. The summed E-state index contributed by atoms with van der Waals surface area (Å²) in [6.45, 7) is 8.23. The minimum Gasteiger partial charge on any atom is -0.508 e. The molecule has 3 rings (SSSR count). The summed E-state index contributed by atoms with van der Waals surface area (Å²) < 4.78 is 0. The lowest BCUT2D eigenvalue weighted by molar-refractivity contribution is 0.406. The number of phenols is 3. The van der Waals surface area contributed by atoms with Crippen molar-refractivity contribution in [2.45, 2.75) is 45.4 Å². The summed E-state index contributed by atoms with van der Waals surface area (Å²) in [5.74, 6) is 0.743. The van der Waals surface area contributed by atoms with Crippen molar-refractivity contribution >= 4 is 0 Å². The number of allylic oxidation sites excluding steroid dienone is 3. The van der Waals surface area contributed by atoms with E-state index in [1.807, 2.05) is 19.1 Å². The van der Waals surface area contributed by atoms with Gasteiger partial charge in [0.2, 0.25) is 0 Å². The molecule has 142 valence electrons. The van der Waals surface area contributed by atoms with Crippen LogP contribution in [0.1, 0.15) is 49.3 Å². The number of benzene rings is 2. The summed E-state index contributed by atoms with van der Waals surface area (Å²) in [6.07, 6.45) is 5.66. The van der Waals surface area contributed by atoms with Crippen LogP contribution < -0.4 is 0 Å². The number of aromatic hydroxyl groups is 3. The van der Waals surface area contributed by atoms with Gasteiger partial charge in [0.15, 0.2) is 0 Å². The Bertz CT molecular complexity index is 839. The fourth-order valence-corrected chi connectivity index (χ4v) is 4.02. The number of phenolic OH excluding ortho intramolecular Hbond substituents is 3. The first-order valence-corrected chi connectivity index (χ1v) is 9.50. The molecule has 0 spiro atoms. The molecule has 2 atom stereocenters. The van der Waals surface area contributed by atoms with E-state index in [2.05, 4.69) is 19.6 Å². The van der Waals surface area contributed by atoms with Crippen molar-refractivity contribution in [2.75, 3.05) is 0 Å². The topological polar surface area (TPSA) is 60.7 Å². The number of hydrogen-bond donors (Lipinski definition) is 3. The van der Waals surface area contributed by atoms with E-state index < -0.39 is 0 Å². The van der Waals surface area contributed by atoms with E-state index >= 15 is 0 Å². The summed E-state index contributed by atoms with van der Waals surface area (Å²) in [6, 6.07) is 10.6. The van der Waals surface area contributed by atoms with E-state index in [9.17, 15) is 15.3 Å². The summed E-state index contributed by atoms with van der Waals surface area (Å²) in [4.78, 5) is 0. The van der Waals surface area contributed by atoms with Crippen molar-refractivity contribution in [1.29, 1.82) is 0 Å². The average Bonchev–Trinajstić information content (AvgIpc) is 2.60. The molecule has 0 saturated heterocycles. The van der Waals surface area contributed by atoms with Gasteiger partial charge < -0.3 is 15.3 Å². The van der Waals surface area contributed by atoms with E-state index in [0.29, 0.717) is 12.0 Å². The third kappa shape index (κ3) is 4.36. The normalized spacial score (nSPS) is 19.6. The quantitative estimate of drug-likeness (QED) is 0.605. The van der Waals surface area contributed by atoms with E-state index in [-0.39, 0.29) is 29.1 Å². The molecule has 0 fully saturated rings. The molecule has 2 aromatic carbocycles. The number of aryl methyl sites for hydroxylation is 2. The second kappa shape index (κ2) is 7.91. The molecule has 0 saturated carbocycles. The van der Waals surface area contributed by atoms with Crippen LogP contribution in [0.15, 0.2) is 60.2 Å². The van der Waals surface area contributed by atoms with Crippen LogP contribution in [0.2, 0.25) is 0 Å². The summed E-state index contributed by atoms with van der Waals surface area (Å²) in [5.41, 5.74) is 4.97. The average molecular weight is 364 g/mol. The monoisotopic (exact) mass is 364 g/mol. The Morgan fingerprint density at radius 3 is 2.19 bits per heavy atom. The van der Waals surface area contributed by atoms with Crippen LogP contribution in [-0.4, -0.2) is 15.3 Å². The fourth-order valence-electron chi connectivity index (χ4n) is 4.02. The van der Waals surface area contributed by atoms with Gasteiger partial charge in [-0.15, -0.1) is 0 Å². The molecular formula is C24H28O3. The van der Waals surface area contributed by atoms with Crippen molar-refractivity contribution in [2.24, 2.45) is 5.92 Å². The molecule has 0 radical (unpaired) electrons. The number of hydrogen-bond acceptors (Lipinski definition) is 3. The zero-order valence-electron chi connectivity index (χ0n) is 16.1. The molecule has 3 nitrogen and oxygen atoms in total. The fraction of sp³-hybridized carbons (Fsp3) is 0.333. The Labute approximate surface area is 161 Å². The van der Waals surface area contributed by atoms with E-state index in [4.69, 9.17) is 0 Å². The van der Waals surface area contributed by atoms with Crippen molar-refractivity contribution < 1.29 is 15.3 Å². The minimum absolute atomic E-state index is 0.0394. The molecular weight excluding hydrogens is 336 g/mol. The molecule has 1 aliphatic rings. The van der Waals surface area contributed by atoms with Crippen molar-refractivity contribution in [1.82, 2.24) is 0 Å². The van der Waals surface area contributed by atoms with Crippen molar-refractivity contribution in [3.63, 3.8) is 0 Å². The Hall–Kier alpha value is -2.68. The molecule has 1 aliphatic carbocycles. The maximum Gasteiger partial charge on any atom is 0.123 e. The molecule has 0 aromatic heterocycles. The van der Waals surface area contributed by atoms with Crippen LogP contribution >= 0.6 is 0 Å². The Kier molecular flexibility index (Phi) is 5.59. The first-order chi connectivity index (χ1) is 12.8. The van der Waals surface area contributed by atoms with Crippen LogP contribution in [0.3, 0.4) is 0 Å². The van der Waals surface area contributed by atoms with E-state index in [1.165, 1.54) is 5.57 Å². The van der Waals surface area contributed by atoms with Gasteiger partial charge in [-0.05, 0) is 80.8 Å². The molecule has 2 aromatic rings. The van der Waals surface area contributed by atoms with Crippen LogP contribution in [0.5, 0.6) is 17.2 Å². The highest BCUT2D eigenvalue weighted by molar-refractivity contribution is 5.52. The minimum atomic E-state index is -0.0394. The maximum absolute atomic E-state index is 10.7. The highest BCUT2D eigenvalue weighted by Crippen LogP contribution is 2.46. The van der Waals surface area contributed by atoms with Crippen LogP contribution in [0.25, 0.3) is 0 Å². The van der Waals surface area contributed by atoms with Gasteiger partial charge in [0, 0.05) is 11.5 Å². The zero-order chi connectivity index (χ0) is 19.6. The second-order valence-electron chi connectivity index (χ2n) is 7.74. The van der Waals surface area contributed by atoms with Crippen molar-refractivity contribution in [3.8, 4) is 17.2 Å². The van der Waals surface area contributed by atoms with Gasteiger partial charge in [-0.3, -0.25) is 0 Å². The molecule has 27 heavy (non-hydrogen) atoms. The molecule has 0 aliphatic heterocycles. The SMILES string of the molecule is C=C(C)[C@H]1CCC(C)=C[C@H]1c1c(O)cc(CCc2ccc(O)cc2)cc1O. The highest BCUT2D eigenvalue weighted by atomic mass is 16.3. The van der Waals surface area contributed by atoms with Crippen LogP contribution in [-0.2, 0) is 12.8 Å². The van der Waals surface area contributed by atoms with Gasteiger partial charge in [0.25, 0.3) is 0 Å². The maximum atomic E-state index is 10.7. The lowest BCUT2D eigenvalue weighted by Crippen LogP contribution is -2.17. The lowest BCUT2D eigenvalue weighted by atomic mass is 9.73. The molecule has 3 N–H and O–H groups in total. The van der Waals surface area contributed by atoms with Gasteiger partial charge in [0.05, 0.1) is 0 Å². The van der Waals surface area contributed by atoms with Crippen molar-refractivity contribution in [3.05, 3.63) is 76.9 Å². The predicted molar refractivity (Wildman–Crippen MR) is 109 cm³/mol. The standard InChI is InChI=1S/C24H28O3/c1-15(2)20-11-4-16(3)12-21(20)24-22(26)13-18(14-23(24)27)6-5-17-7-9-19(25)10-8-17/h7-10,12-14,20-21,25-27H,1,4-6,11H2,2-3H3/t20-,21-/m1/s1. The summed E-state index contributed by atoms with van der Waals surface area (Å²) in [7, 11) is 0. The smallest absolute Gasteiger partial charge is 0.123 e. The van der Waals surface area contributed by atoms with E-state index in [1.54, 1.807) is 24.3 Å². The van der Waals surface area contributed by atoms with Gasteiger partial charge in [0.1, 0.15) is 17.2 Å². The Morgan fingerprint density at radius 2 is 1.59 bits per heavy atom. The molecule has 0 amide bonds. The zero-order valence-corrected chi connectivity index (χ0v) is 16.1. The largest absolute Gasteiger partial charge is 0.508 e. The van der Waals surface area contributed by atoms with Gasteiger partial charge >= 0.3 is 0 Å². The summed E-state index contributed by atoms with van der Waals surface area (Å²) in [5, 5.41) is 30.8. The second-order valence-corrected chi connectivity index (χ2v) is 7.74. The highest BCUT2D eigenvalue weighted by Gasteiger charge is 2.30. The third-order valence-corrected chi connectivity index (χ3v) is 5.55. The number of rotatable bonds is 5. The van der Waals surface area contributed by atoms with Gasteiger partial charge in [-0.1, -0.05) is 35.9 Å². The summed E-state index contributed by atoms with van der Waals surface area (Å²) >= 11 is 0. The Morgan fingerprint density at radius 1 is 1.00 bits per heavy atom. The van der Waals surface area contributed by atoms with Crippen LogP contribution in [0.4, 0.5) is 0 Å². The molecule has 0 bridgehead atoms. The van der Waals surface area contributed by atoms with E-state index in [0.717, 1.165) is 36.0 Å². The molecule has 0 heterocycles. The van der Waals surface area contributed by atoms with Gasteiger partial charge in [-0.25, -0.2) is 0 Å². The first kappa shape index (κ1) is 19.1. The Balaban J connectivity index is 1.84. The first-order valence-electron chi connectivity index (χ1n) is 9.50.